The molecule has 0 aromatic heterocycles. The normalized spacial score (nSPS) is 16.9. The Morgan fingerprint density at radius 1 is 0.652 bits per heavy atom. The number of piperazine rings is 1. The fourth-order valence-electron chi connectivity index (χ4n) is 6.96. The summed E-state index contributed by atoms with van der Waals surface area (Å²) in [6.45, 7) is 9.60. The molecule has 2 fully saturated rings. The first-order valence-corrected chi connectivity index (χ1v) is 17.3. The smallest absolute Gasteiger partial charge is 0.163 e. The monoisotopic (exact) mass is 615 g/mol. The Kier molecular flexibility index (Phi) is 11.7. The number of hydrogen-bond donors (Lipinski definition) is 0. The molecule has 0 bridgehead atoms. The second-order valence-corrected chi connectivity index (χ2v) is 13.0. The summed E-state index contributed by atoms with van der Waals surface area (Å²) in [5.41, 5.74) is 4.90. The van der Waals surface area contributed by atoms with Crippen molar-refractivity contribution in [2.24, 2.45) is 0 Å². The zero-order valence-electron chi connectivity index (χ0n) is 27.2. The molecule has 0 radical (unpaired) electrons. The average Bonchev–Trinajstić information content (AvgIpc) is 3.12. The van der Waals surface area contributed by atoms with E-state index in [4.69, 9.17) is 4.74 Å². The molecule has 2 saturated heterocycles. The molecule has 4 aromatic carbocycles. The molecule has 0 saturated carbocycles. The van der Waals surface area contributed by atoms with Gasteiger partial charge >= 0.3 is 0 Å². The van der Waals surface area contributed by atoms with Crippen molar-refractivity contribution in [1.82, 2.24) is 14.7 Å². The van der Waals surface area contributed by atoms with E-state index in [9.17, 15) is 4.79 Å². The van der Waals surface area contributed by atoms with Crippen LogP contribution in [0.5, 0.6) is 5.75 Å². The highest BCUT2D eigenvalue weighted by Crippen LogP contribution is 2.28. The Morgan fingerprint density at radius 3 is 1.91 bits per heavy atom. The molecule has 5 heteroatoms. The third-order valence-electron chi connectivity index (χ3n) is 9.68. The first-order valence-electron chi connectivity index (χ1n) is 17.3. The van der Waals surface area contributed by atoms with Gasteiger partial charge in [0, 0.05) is 70.3 Å². The molecular weight excluding hydrogens is 566 g/mol. The summed E-state index contributed by atoms with van der Waals surface area (Å²) in [7, 11) is 0. The van der Waals surface area contributed by atoms with Gasteiger partial charge in [0.25, 0.3) is 0 Å². The van der Waals surface area contributed by atoms with Gasteiger partial charge in [0.2, 0.25) is 0 Å². The van der Waals surface area contributed by atoms with Crippen molar-refractivity contribution in [3.63, 3.8) is 0 Å². The summed E-state index contributed by atoms with van der Waals surface area (Å²) in [6.07, 6.45) is 4.76. The number of ketones is 1. The first kappa shape index (κ1) is 32.2. The maximum Gasteiger partial charge on any atom is 0.163 e. The third-order valence-corrected chi connectivity index (χ3v) is 9.68. The molecule has 2 heterocycles. The number of rotatable bonds is 14. The van der Waals surface area contributed by atoms with Gasteiger partial charge in [0.15, 0.2) is 5.78 Å². The summed E-state index contributed by atoms with van der Waals surface area (Å²) in [5, 5.41) is 0. The van der Waals surface area contributed by atoms with E-state index in [0.29, 0.717) is 12.3 Å². The maximum atomic E-state index is 13.1. The van der Waals surface area contributed by atoms with E-state index in [-0.39, 0.29) is 11.9 Å². The molecule has 0 spiro atoms. The number of piperidine rings is 1. The zero-order valence-corrected chi connectivity index (χ0v) is 27.2. The lowest BCUT2D eigenvalue weighted by molar-refractivity contribution is 0.0956. The van der Waals surface area contributed by atoms with E-state index in [2.05, 4.69) is 106 Å². The van der Waals surface area contributed by atoms with Crippen molar-refractivity contribution in [2.75, 3.05) is 52.4 Å². The molecule has 5 nitrogen and oxygen atoms in total. The Morgan fingerprint density at radius 2 is 1.26 bits per heavy atom. The van der Waals surface area contributed by atoms with E-state index < -0.39 is 0 Å². The van der Waals surface area contributed by atoms with Crippen LogP contribution in [0.25, 0.3) is 0 Å². The zero-order chi connectivity index (χ0) is 31.4. The van der Waals surface area contributed by atoms with Crippen LogP contribution in [-0.4, -0.2) is 78.9 Å². The van der Waals surface area contributed by atoms with Gasteiger partial charge in [0.1, 0.15) is 11.9 Å². The van der Waals surface area contributed by atoms with Crippen LogP contribution in [-0.2, 0) is 6.54 Å². The van der Waals surface area contributed by atoms with E-state index in [1.165, 1.54) is 16.7 Å². The minimum atomic E-state index is 0.182. The second kappa shape index (κ2) is 16.7. The van der Waals surface area contributed by atoms with Gasteiger partial charge in [-0.05, 0) is 61.1 Å². The van der Waals surface area contributed by atoms with Crippen molar-refractivity contribution >= 4 is 5.78 Å². The highest BCUT2D eigenvalue weighted by Gasteiger charge is 2.25. The number of Topliss-reactive ketones (excluding diaryl/α,β-unsaturated/α-hetero) is 1. The number of ether oxygens (including phenoxy) is 1. The Labute approximate surface area is 275 Å². The minimum absolute atomic E-state index is 0.182. The van der Waals surface area contributed by atoms with Gasteiger partial charge in [0.05, 0.1) is 0 Å². The fraction of sp³-hybridized carbons (Fsp3) is 0.390. The highest BCUT2D eigenvalue weighted by atomic mass is 16.5. The van der Waals surface area contributed by atoms with Crippen molar-refractivity contribution in [1.29, 1.82) is 0 Å². The maximum absolute atomic E-state index is 13.1. The molecule has 240 valence electrons. The van der Waals surface area contributed by atoms with Crippen molar-refractivity contribution in [3.05, 3.63) is 138 Å². The number of carbonyl (C=O) groups excluding carboxylic acids is 1. The van der Waals surface area contributed by atoms with Crippen LogP contribution >= 0.6 is 0 Å². The molecular formula is C41H49N3O2. The van der Waals surface area contributed by atoms with Gasteiger partial charge < -0.3 is 14.5 Å². The predicted octanol–water partition coefficient (Wildman–Crippen LogP) is 7.53. The minimum Gasteiger partial charge on any atom is -0.490 e. The first-order chi connectivity index (χ1) is 22.7. The van der Waals surface area contributed by atoms with Gasteiger partial charge in [-0.1, -0.05) is 103 Å². The number of unbranched alkanes of at least 4 members (excludes halogenated alkanes) is 1. The Balaban J connectivity index is 0.905. The molecule has 2 aliphatic rings. The molecule has 0 aliphatic carbocycles. The lowest BCUT2D eigenvalue weighted by Gasteiger charge is -2.34. The van der Waals surface area contributed by atoms with Crippen LogP contribution < -0.4 is 4.74 Å². The molecule has 0 amide bonds. The van der Waals surface area contributed by atoms with Crippen molar-refractivity contribution < 1.29 is 9.53 Å². The number of nitrogens with zero attached hydrogens (tertiary/aromatic N) is 3. The van der Waals surface area contributed by atoms with E-state index in [1.54, 1.807) is 0 Å². The summed E-state index contributed by atoms with van der Waals surface area (Å²) in [6, 6.07) is 40.3. The van der Waals surface area contributed by atoms with Crippen molar-refractivity contribution in [2.45, 2.75) is 50.7 Å². The SMILES string of the molecule is O=C(CCCCN1CCN(Cc2ccccc2)CC1)c1cccc(OC2CCN(CC(c3ccccc3)c3ccccc3)CC2)c1. The summed E-state index contributed by atoms with van der Waals surface area (Å²) >= 11 is 0. The summed E-state index contributed by atoms with van der Waals surface area (Å²) in [5.74, 6) is 1.41. The van der Waals surface area contributed by atoms with E-state index >= 15 is 0 Å². The molecule has 4 aromatic rings. The quantitative estimate of drug-likeness (QED) is 0.108. The largest absolute Gasteiger partial charge is 0.490 e. The standard InChI is InChI=1S/C41H49N3O2/c45-41(21-10-11-24-42-27-29-44(30-28-42)32-34-13-4-1-5-14-34)37-19-12-20-39(31-37)46-38-22-25-43(26-23-38)33-40(35-15-6-2-7-16-35)36-17-8-3-9-18-36/h1-9,12-20,31,38,40H,10-11,21-30,32-33H2. The van der Waals surface area contributed by atoms with Crippen LogP contribution in [0.2, 0.25) is 0 Å². The lowest BCUT2D eigenvalue weighted by Crippen LogP contribution is -2.46. The van der Waals surface area contributed by atoms with Crippen molar-refractivity contribution in [3.8, 4) is 5.75 Å². The average molecular weight is 616 g/mol. The van der Waals surface area contributed by atoms with E-state index in [1.807, 2.05) is 24.3 Å². The summed E-state index contributed by atoms with van der Waals surface area (Å²) < 4.78 is 6.43. The highest BCUT2D eigenvalue weighted by molar-refractivity contribution is 5.96. The molecule has 46 heavy (non-hydrogen) atoms. The van der Waals surface area contributed by atoms with Gasteiger partial charge in [-0.2, -0.15) is 0 Å². The van der Waals surface area contributed by atoms with Crippen LogP contribution in [0.1, 0.15) is 65.1 Å². The van der Waals surface area contributed by atoms with Gasteiger partial charge in [-0.25, -0.2) is 0 Å². The van der Waals surface area contributed by atoms with E-state index in [0.717, 1.165) is 95.9 Å². The van der Waals surface area contributed by atoms with Crippen LogP contribution in [0.15, 0.2) is 115 Å². The lowest BCUT2D eigenvalue weighted by atomic mass is 9.90. The second-order valence-electron chi connectivity index (χ2n) is 13.0. The van der Waals surface area contributed by atoms with Crippen LogP contribution in [0, 0.1) is 0 Å². The summed E-state index contributed by atoms with van der Waals surface area (Å²) in [4.78, 5) is 20.7. The van der Waals surface area contributed by atoms with Crippen LogP contribution in [0.4, 0.5) is 0 Å². The Bertz CT molecular complexity index is 1420. The topological polar surface area (TPSA) is 36.0 Å². The predicted molar refractivity (Wildman–Crippen MR) is 188 cm³/mol. The van der Waals surface area contributed by atoms with Crippen LogP contribution in [0.3, 0.4) is 0 Å². The number of hydrogen-bond acceptors (Lipinski definition) is 5. The molecule has 0 N–H and O–H groups in total. The third kappa shape index (κ3) is 9.38. The molecule has 0 atom stereocenters. The number of likely N-dealkylation sites (tertiary alicyclic amines) is 1. The molecule has 2 aliphatic heterocycles. The fourth-order valence-corrected chi connectivity index (χ4v) is 6.96. The van der Waals surface area contributed by atoms with Gasteiger partial charge in [-0.15, -0.1) is 0 Å². The molecule has 0 unspecified atom stereocenters. The van der Waals surface area contributed by atoms with Gasteiger partial charge in [-0.3, -0.25) is 9.69 Å². The molecule has 6 rings (SSSR count). The Hall–Kier alpha value is -3.77. The number of carbonyl (C=O) groups is 1. The number of benzene rings is 4.